The summed E-state index contributed by atoms with van der Waals surface area (Å²) in [6.07, 6.45) is 0.471. The van der Waals surface area contributed by atoms with E-state index < -0.39 is 23.5 Å². The Morgan fingerprint density at radius 1 is 1.17 bits per heavy atom. The lowest BCUT2D eigenvalue weighted by Gasteiger charge is -2.12. The average Bonchev–Trinajstić information content (AvgIpc) is 3.01. The maximum Gasteiger partial charge on any atom is 0.315 e. The van der Waals surface area contributed by atoms with Crippen LogP contribution in [0.15, 0.2) is 36.4 Å². The molecule has 29 heavy (non-hydrogen) atoms. The standard InChI is InChI=1S/C21H19F3N4O/c1-12(6-8-25)27-21(29)26-9-7-16-17-10-15(23)11-18(24)20(17)28-19(16)13-2-4-14(22)5-3-13/h2-5,10-12,28H,6-7,9H2,1H3,(H2,26,27,29). The topological polar surface area (TPSA) is 80.7 Å². The molecule has 0 saturated carbocycles. The minimum atomic E-state index is -0.731. The van der Waals surface area contributed by atoms with Crippen molar-refractivity contribution in [3.63, 3.8) is 0 Å². The number of benzene rings is 2. The molecule has 0 aliphatic heterocycles. The number of halogens is 3. The quantitative estimate of drug-likeness (QED) is 0.573. The Bertz CT molecular complexity index is 1070. The fourth-order valence-corrected chi connectivity index (χ4v) is 3.16. The van der Waals surface area contributed by atoms with E-state index >= 15 is 0 Å². The normalized spacial score (nSPS) is 11.8. The first-order valence-corrected chi connectivity index (χ1v) is 9.06. The van der Waals surface area contributed by atoms with Crippen LogP contribution in [0.3, 0.4) is 0 Å². The highest BCUT2D eigenvalue weighted by Crippen LogP contribution is 2.32. The number of rotatable bonds is 6. The van der Waals surface area contributed by atoms with Gasteiger partial charge in [0, 0.05) is 29.7 Å². The fraction of sp³-hybridized carbons (Fsp3) is 0.238. The van der Waals surface area contributed by atoms with Gasteiger partial charge in [-0.1, -0.05) is 0 Å². The minimum absolute atomic E-state index is 0.146. The average molecular weight is 400 g/mol. The smallest absolute Gasteiger partial charge is 0.315 e. The summed E-state index contributed by atoms with van der Waals surface area (Å²) < 4.78 is 41.3. The van der Waals surface area contributed by atoms with Gasteiger partial charge in [-0.25, -0.2) is 18.0 Å². The number of aromatic nitrogens is 1. The Morgan fingerprint density at radius 2 is 1.90 bits per heavy atom. The molecule has 0 aliphatic carbocycles. The fourth-order valence-electron chi connectivity index (χ4n) is 3.16. The number of hydrogen-bond acceptors (Lipinski definition) is 2. The van der Waals surface area contributed by atoms with E-state index in [1.54, 1.807) is 19.1 Å². The van der Waals surface area contributed by atoms with Crippen LogP contribution in [0.2, 0.25) is 0 Å². The van der Waals surface area contributed by atoms with E-state index in [1.165, 1.54) is 18.2 Å². The Morgan fingerprint density at radius 3 is 2.59 bits per heavy atom. The van der Waals surface area contributed by atoms with Gasteiger partial charge in [0.2, 0.25) is 0 Å². The molecule has 2 amide bonds. The molecule has 1 aromatic heterocycles. The first-order valence-electron chi connectivity index (χ1n) is 9.06. The van der Waals surface area contributed by atoms with Gasteiger partial charge in [-0.15, -0.1) is 0 Å². The molecule has 8 heteroatoms. The summed E-state index contributed by atoms with van der Waals surface area (Å²) in [7, 11) is 0. The largest absolute Gasteiger partial charge is 0.352 e. The SMILES string of the molecule is CC(CC#N)NC(=O)NCCc1c(-c2ccc(F)cc2)[nH]c2c(F)cc(F)cc12. The zero-order valence-corrected chi connectivity index (χ0v) is 15.7. The van der Waals surface area contributed by atoms with Gasteiger partial charge >= 0.3 is 6.03 Å². The van der Waals surface area contributed by atoms with E-state index in [4.69, 9.17) is 5.26 Å². The van der Waals surface area contributed by atoms with Gasteiger partial charge in [-0.05, 0) is 54.8 Å². The third-order valence-corrected chi connectivity index (χ3v) is 4.50. The van der Waals surface area contributed by atoms with Crippen molar-refractivity contribution in [3.05, 3.63) is 59.4 Å². The number of hydrogen-bond donors (Lipinski definition) is 3. The van der Waals surface area contributed by atoms with Gasteiger partial charge in [-0.2, -0.15) is 5.26 Å². The number of aromatic amines is 1. The molecular weight excluding hydrogens is 381 g/mol. The van der Waals surface area contributed by atoms with Crippen LogP contribution in [-0.2, 0) is 6.42 Å². The number of carbonyl (C=O) groups excluding carboxylic acids is 1. The third kappa shape index (κ3) is 4.69. The molecule has 0 saturated heterocycles. The molecule has 0 bridgehead atoms. The molecule has 0 spiro atoms. The number of nitrogens with one attached hydrogen (secondary N) is 3. The zero-order valence-electron chi connectivity index (χ0n) is 15.7. The van der Waals surface area contributed by atoms with Crippen LogP contribution in [0, 0.1) is 28.8 Å². The Labute approximate surface area is 165 Å². The van der Waals surface area contributed by atoms with Gasteiger partial charge < -0.3 is 15.6 Å². The molecule has 5 nitrogen and oxygen atoms in total. The minimum Gasteiger partial charge on any atom is -0.352 e. The van der Waals surface area contributed by atoms with E-state index in [2.05, 4.69) is 15.6 Å². The Balaban J connectivity index is 1.87. The molecule has 0 aliphatic rings. The van der Waals surface area contributed by atoms with Crippen molar-refractivity contribution >= 4 is 16.9 Å². The van der Waals surface area contributed by atoms with E-state index in [9.17, 15) is 18.0 Å². The first kappa shape index (κ1) is 20.3. The number of amides is 2. The number of nitriles is 1. The number of urea groups is 1. The molecule has 150 valence electrons. The molecule has 2 aromatic carbocycles. The van der Waals surface area contributed by atoms with Gasteiger partial charge in [-0.3, -0.25) is 0 Å². The lowest BCUT2D eigenvalue weighted by atomic mass is 10.0. The summed E-state index contributed by atoms with van der Waals surface area (Å²) in [4.78, 5) is 14.9. The van der Waals surface area contributed by atoms with Crippen LogP contribution in [0.1, 0.15) is 18.9 Å². The molecule has 3 N–H and O–H groups in total. The van der Waals surface area contributed by atoms with E-state index in [-0.39, 0.29) is 30.9 Å². The van der Waals surface area contributed by atoms with Gasteiger partial charge in [0.25, 0.3) is 0 Å². The Hall–Kier alpha value is -3.47. The molecule has 1 atom stereocenters. The molecule has 3 rings (SSSR count). The number of nitrogens with zero attached hydrogens (tertiary/aromatic N) is 1. The molecule has 0 radical (unpaired) electrons. The highest BCUT2D eigenvalue weighted by Gasteiger charge is 2.17. The van der Waals surface area contributed by atoms with Crippen LogP contribution in [0.4, 0.5) is 18.0 Å². The number of carbonyl (C=O) groups is 1. The number of fused-ring (bicyclic) bond motifs is 1. The van der Waals surface area contributed by atoms with Gasteiger partial charge in [0.15, 0.2) is 0 Å². The van der Waals surface area contributed by atoms with Crippen molar-refractivity contribution in [1.82, 2.24) is 15.6 Å². The molecule has 3 aromatic rings. The lowest BCUT2D eigenvalue weighted by Crippen LogP contribution is -2.41. The van der Waals surface area contributed by atoms with Crippen molar-refractivity contribution in [2.45, 2.75) is 25.8 Å². The number of H-pyrrole nitrogens is 1. The summed E-state index contributed by atoms with van der Waals surface area (Å²) in [5.41, 5.74) is 1.90. The van der Waals surface area contributed by atoms with E-state index in [0.717, 1.165) is 6.07 Å². The van der Waals surface area contributed by atoms with Crippen LogP contribution >= 0.6 is 0 Å². The molecule has 1 unspecified atom stereocenters. The molecular formula is C21H19F3N4O. The highest BCUT2D eigenvalue weighted by molar-refractivity contribution is 5.91. The summed E-state index contributed by atoms with van der Waals surface area (Å²) in [5, 5.41) is 14.3. The van der Waals surface area contributed by atoms with Crippen molar-refractivity contribution < 1.29 is 18.0 Å². The second kappa shape index (κ2) is 8.69. The summed E-state index contributed by atoms with van der Waals surface area (Å²) in [6.45, 7) is 1.91. The maximum atomic E-state index is 14.2. The Kier molecular flexibility index (Phi) is 6.07. The predicted molar refractivity (Wildman–Crippen MR) is 104 cm³/mol. The van der Waals surface area contributed by atoms with E-state index in [0.29, 0.717) is 22.2 Å². The van der Waals surface area contributed by atoms with Crippen LogP contribution in [0.5, 0.6) is 0 Å². The van der Waals surface area contributed by atoms with Crippen LogP contribution < -0.4 is 10.6 Å². The van der Waals surface area contributed by atoms with Crippen molar-refractivity contribution in [2.75, 3.05) is 6.54 Å². The lowest BCUT2D eigenvalue weighted by molar-refractivity contribution is 0.238. The molecule has 1 heterocycles. The second-order valence-corrected chi connectivity index (χ2v) is 6.71. The van der Waals surface area contributed by atoms with Crippen molar-refractivity contribution in [2.24, 2.45) is 0 Å². The zero-order chi connectivity index (χ0) is 21.0. The monoisotopic (exact) mass is 400 g/mol. The van der Waals surface area contributed by atoms with Crippen LogP contribution in [0.25, 0.3) is 22.2 Å². The second-order valence-electron chi connectivity index (χ2n) is 6.71. The first-order chi connectivity index (χ1) is 13.9. The van der Waals surface area contributed by atoms with Gasteiger partial charge in [0.05, 0.1) is 18.0 Å². The van der Waals surface area contributed by atoms with Crippen LogP contribution in [-0.4, -0.2) is 23.6 Å². The summed E-state index contributed by atoms with van der Waals surface area (Å²) in [6, 6.07) is 8.90. The van der Waals surface area contributed by atoms with Gasteiger partial charge in [0.1, 0.15) is 17.5 Å². The summed E-state index contributed by atoms with van der Waals surface area (Å²) >= 11 is 0. The van der Waals surface area contributed by atoms with Crippen molar-refractivity contribution in [3.8, 4) is 17.3 Å². The van der Waals surface area contributed by atoms with Crippen molar-refractivity contribution in [1.29, 1.82) is 5.26 Å². The third-order valence-electron chi connectivity index (χ3n) is 4.50. The van der Waals surface area contributed by atoms with E-state index in [1.807, 2.05) is 6.07 Å². The predicted octanol–water partition coefficient (Wildman–Crippen LogP) is 4.40. The summed E-state index contributed by atoms with van der Waals surface area (Å²) in [5.74, 6) is -1.85. The maximum absolute atomic E-state index is 14.2. The molecule has 0 fully saturated rings. The highest BCUT2D eigenvalue weighted by atomic mass is 19.1.